The fraction of sp³-hybridized carbons (Fsp3) is 0.830. The molecular formula is C47H87NO5. The Labute approximate surface area is 328 Å². The van der Waals surface area contributed by atoms with Gasteiger partial charge in [-0.05, 0) is 83.5 Å². The lowest BCUT2D eigenvalue weighted by molar-refractivity contribution is -0.143. The number of allylic oxidation sites excluding steroid dienone is 6. The van der Waals surface area contributed by atoms with Crippen LogP contribution in [0.15, 0.2) is 36.5 Å². The Balaban J connectivity index is 3.55. The molecule has 0 bridgehead atoms. The van der Waals surface area contributed by atoms with Crippen molar-refractivity contribution in [3.05, 3.63) is 36.5 Å². The second-order valence-electron chi connectivity index (χ2n) is 15.4. The average Bonchev–Trinajstić information content (AvgIpc) is 3.16. The van der Waals surface area contributed by atoms with Gasteiger partial charge in [-0.15, -0.1) is 0 Å². The quantitative estimate of drug-likeness (QED) is 0.0329. The minimum Gasteiger partial charge on any atom is -0.466 e. The van der Waals surface area contributed by atoms with Crippen molar-refractivity contribution in [2.24, 2.45) is 0 Å². The van der Waals surface area contributed by atoms with Crippen molar-refractivity contribution in [2.45, 2.75) is 238 Å². The molecular weight excluding hydrogens is 659 g/mol. The number of aliphatic hydroxyl groups excluding tert-OH is 2. The second kappa shape index (κ2) is 42.8. The third-order valence-corrected chi connectivity index (χ3v) is 10.2. The summed E-state index contributed by atoms with van der Waals surface area (Å²) in [7, 11) is 0. The van der Waals surface area contributed by atoms with Gasteiger partial charge in [0.25, 0.3) is 0 Å². The number of carbonyl (C=O) groups is 2. The normalized spacial score (nSPS) is 13.1. The predicted octanol–water partition coefficient (Wildman–Crippen LogP) is 12.9. The first-order chi connectivity index (χ1) is 26.0. The van der Waals surface area contributed by atoms with E-state index in [0.29, 0.717) is 25.9 Å². The number of rotatable bonds is 41. The molecule has 0 saturated heterocycles. The van der Waals surface area contributed by atoms with Crippen molar-refractivity contribution in [1.82, 2.24) is 5.32 Å². The summed E-state index contributed by atoms with van der Waals surface area (Å²) in [6.45, 7) is 4.80. The van der Waals surface area contributed by atoms with Gasteiger partial charge < -0.3 is 20.3 Å². The minimum atomic E-state index is -0.685. The highest BCUT2D eigenvalue weighted by Crippen LogP contribution is 2.14. The number of amides is 1. The molecule has 1 amide bonds. The van der Waals surface area contributed by atoms with E-state index in [1.165, 1.54) is 103 Å². The Hall–Kier alpha value is -1.92. The number of nitrogens with one attached hydrogen (secondary N) is 1. The zero-order valence-corrected chi connectivity index (χ0v) is 35.0. The molecule has 0 aromatic carbocycles. The summed E-state index contributed by atoms with van der Waals surface area (Å²) in [6, 6.07) is -0.566. The number of esters is 1. The van der Waals surface area contributed by atoms with Crippen molar-refractivity contribution in [3.63, 3.8) is 0 Å². The maximum absolute atomic E-state index is 12.4. The highest BCUT2D eigenvalue weighted by atomic mass is 16.5. The summed E-state index contributed by atoms with van der Waals surface area (Å²) >= 11 is 0. The fourth-order valence-electron chi connectivity index (χ4n) is 6.60. The Morgan fingerprint density at radius 2 is 0.943 bits per heavy atom. The Morgan fingerprint density at radius 3 is 1.47 bits per heavy atom. The number of unbranched alkanes of at least 4 members (excludes halogenated alkanes) is 24. The van der Waals surface area contributed by atoms with E-state index in [-0.39, 0.29) is 18.5 Å². The number of aliphatic hydroxyl groups is 2. The van der Waals surface area contributed by atoms with Gasteiger partial charge in [-0.3, -0.25) is 9.59 Å². The molecule has 6 nitrogen and oxygen atoms in total. The molecule has 0 rings (SSSR count). The van der Waals surface area contributed by atoms with Crippen LogP contribution in [0.25, 0.3) is 0 Å². The molecule has 0 aliphatic heterocycles. The van der Waals surface area contributed by atoms with Crippen molar-refractivity contribution >= 4 is 11.9 Å². The van der Waals surface area contributed by atoms with Crippen LogP contribution in [0.1, 0.15) is 226 Å². The van der Waals surface area contributed by atoms with Gasteiger partial charge in [0.1, 0.15) is 0 Å². The van der Waals surface area contributed by atoms with Gasteiger partial charge in [0.15, 0.2) is 0 Å². The summed E-state index contributed by atoms with van der Waals surface area (Å²) in [5, 5.41) is 23.0. The van der Waals surface area contributed by atoms with E-state index >= 15 is 0 Å². The third kappa shape index (κ3) is 39.6. The van der Waals surface area contributed by atoms with Crippen LogP contribution < -0.4 is 5.32 Å². The lowest BCUT2D eigenvalue weighted by atomic mass is 10.0. The largest absolute Gasteiger partial charge is 0.466 e. The molecule has 3 N–H and O–H groups in total. The summed E-state index contributed by atoms with van der Waals surface area (Å²) < 4.78 is 5.42. The molecule has 0 spiro atoms. The monoisotopic (exact) mass is 746 g/mol. The number of ether oxygens (including phenoxy) is 1. The van der Waals surface area contributed by atoms with Crippen LogP contribution in [-0.2, 0) is 14.3 Å². The Morgan fingerprint density at radius 1 is 0.528 bits per heavy atom. The predicted molar refractivity (Wildman–Crippen MR) is 227 cm³/mol. The molecule has 0 aromatic heterocycles. The number of hydrogen-bond acceptors (Lipinski definition) is 5. The molecule has 0 radical (unpaired) electrons. The van der Waals surface area contributed by atoms with E-state index in [9.17, 15) is 19.8 Å². The molecule has 310 valence electrons. The van der Waals surface area contributed by atoms with Crippen LogP contribution in [0.4, 0.5) is 0 Å². The van der Waals surface area contributed by atoms with E-state index in [1.807, 2.05) is 0 Å². The summed E-state index contributed by atoms with van der Waals surface area (Å²) in [5.41, 5.74) is 0. The van der Waals surface area contributed by atoms with Crippen molar-refractivity contribution in [2.75, 3.05) is 13.2 Å². The lowest BCUT2D eigenvalue weighted by Gasteiger charge is -2.22. The van der Waals surface area contributed by atoms with Crippen LogP contribution in [0.5, 0.6) is 0 Å². The molecule has 53 heavy (non-hydrogen) atoms. The first-order valence-corrected chi connectivity index (χ1v) is 22.7. The fourth-order valence-corrected chi connectivity index (χ4v) is 6.60. The summed E-state index contributed by atoms with van der Waals surface area (Å²) in [6.07, 6.45) is 49.6. The van der Waals surface area contributed by atoms with E-state index in [0.717, 1.165) is 89.9 Å². The smallest absolute Gasteiger partial charge is 0.305 e. The minimum absolute atomic E-state index is 0.0511. The molecule has 0 heterocycles. The molecule has 2 atom stereocenters. The maximum atomic E-state index is 12.4. The van der Waals surface area contributed by atoms with Crippen molar-refractivity contribution < 1.29 is 24.5 Å². The Bertz CT molecular complexity index is 869. The highest BCUT2D eigenvalue weighted by Gasteiger charge is 2.20. The molecule has 0 aromatic rings. The Kier molecular flexibility index (Phi) is 41.3. The maximum Gasteiger partial charge on any atom is 0.305 e. The highest BCUT2D eigenvalue weighted by molar-refractivity contribution is 5.76. The van der Waals surface area contributed by atoms with E-state index in [4.69, 9.17) is 4.74 Å². The lowest BCUT2D eigenvalue weighted by Crippen LogP contribution is -2.45. The van der Waals surface area contributed by atoms with Gasteiger partial charge in [0, 0.05) is 12.8 Å². The van der Waals surface area contributed by atoms with Gasteiger partial charge in [-0.2, -0.15) is 0 Å². The average molecular weight is 746 g/mol. The first kappa shape index (κ1) is 51.1. The molecule has 0 saturated carbocycles. The van der Waals surface area contributed by atoms with Gasteiger partial charge in [0.2, 0.25) is 5.91 Å². The first-order valence-electron chi connectivity index (χ1n) is 22.7. The molecule has 0 aliphatic carbocycles. The van der Waals surface area contributed by atoms with Crippen LogP contribution in [0.2, 0.25) is 0 Å². The number of carbonyl (C=O) groups excluding carboxylic acids is 2. The zero-order valence-electron chi connectivity index (χ0n) is 35.0. The van der Waals surface area contributed by atoms with Crippen LogP contribution in [-0.4, -0.2) is 47.4 Å². The van der Waals surface area contributed by atoms with Crippen LogP contribution in [0, 0.1) is 0 Å². The van der Waals surface area contributed by atoms with Crippen molar-refractivity contribution in [1.29, 1.82) is 0 Å². The molecule has 6 heteroatoms. The molecule has 2 unspecified atom stereocenters. The number of hydrogen-bond donors (Lipinski definition) is 3. The SMILES string of the molecule is CCCCCC/C=C\C/C=C\CCCCCCCC(=O)OCCCC/C=C\CCCCCCC(=O)NC(CO)C(O)CCCCCCCCCCCC. The summed E-state index contributed by atoms with van der Waals surface area (Å²) in [4.78, 5) is 24.4. The summed E-state index contributed by atoms with van der Waals surface area (Å²) in [5.74, 6) is -0.127. The van der Waals surface area contributed by atoms with Crippen LogP contribution >= 0.6 is 0 Å². The van der Waals surface area contributed by atoms with E-state index in [1.54, 1.807) is 0 Å². The van der Waals surface area contributed by atoms with E-state index < -0.39 is 12.1 Å². The molecule has 0 aliphatic rings. The van der Waals surface area contributed by atoms with Crippen molar-refractivity contribution in [3.8, 4) is 0 Å². The third-order valence-electron chi connectivity index (χ3n) is 10.2. The van der Waals surface area contributed by atoms with Gasteiger partial charge in [0.05, 0.1) is 25.4 Å². The van der Waals surface area contributed by atoms with E-state index in [2.05, 4.69) is 55.6 Å². The zero-order chi connectivity index (χ0) is 38.7. The van der Waals surface area contributed by atoms with Gasteiger partial charge in [-0.1, -0.05) is 166 Å². The standard InChI is InChI=1S/C47H87NO5/c1-3-5-7-9-11-13-15-16-17-18-19-20-25-29-33-37-41-47(52)53-42-38-34-30-26-22-21-24-28-32-36-40-46(51)48-44(43-49)45(50)39-35-31-27-23-14-12-10-8-6-4-2/h13,15,17-18,22,26,44-45,49-50H,3-12,14,16,19-21,23-25,27-43H2,1-2H3,(H,48,51)/b15-13-,18-17-,26-22-. The van der Waals surface area contributed by atoms with Crippen LogP contribution in [0.3, 0.4) is 0 Å². The topological polar surface area (TPSA) is 95.9 Å². The molecule has 0 fully saturated rings. The van der Waals surface area contributed by atoms with Gasteiger partial charge >= 0.3 is 5.97 Å². The van der Waals surface area contributed by atoms with Gasteiger partial charge in [-0.25, -0.2) is 0 Å². The second-order valence-corrected chi connectivity index (χ2v) is 15.4.